The van der Waals surface area contributed by atoms with Crippen LogP contribution >= 0.6 is 0 Å². The molecule has 0 spiro atoms. The number of para-hydroxylation sites is 1. The topological polar surface area (TPSA) is 88.4 Å². The van der Waals surface area contributed by atoms with Crippen molar-refractivity contribution in [2.24, 2.45) is 0 Å². The van der Waals surface area contributed by atoms with Gasteiger partial charge >= 0.3 is 0 Å². The van der Waals surface area contributed by atoms with Crippen molar-refractivity contribution in [3.05, 3.63) is 96.1 Å². The van der Waals surface area contributed by atoms with Gasteiger partial charge in [0.25, 0.3) is 11.8 Å². The zero-order valence-corrected chi connectivity index (χ0v) is 15.2. The van der Waals surface area contributed by atoms with Crippen LogP contribution in [0.2, 0.25) is 0 Å². The van der Waals surface area contributed by atoms with Gasteiger partial charge in [0.05, 0.1) is 11.2 Å². The monoisotopic (exact) mass is 389 g/mol. The van der Waals surface area contributed by atoms with Gasteiger partial charge in [0.1, 0.15) is 5.82 Å². The van der Waals surface area contributed by atoms with Gasteiger partial charge in [0, 0.05) is 25.1 Å². The minimum absolute atomic E-state index is 0.0158. The molecule has 0 unspecified atom stereocenters. The lowest BCUT2D eigenvalue weighted by molar-refractivity contribution is 0.0948. The number of nitrogens with one attached hydrogen (secondary N) is 2. The molecule has 8 heteroatoms. The Morgan fingerprint density at radius 2 is 1.72 bits per heavy atom. The summed E-state index contributed by atoms with van der Waals surface area (Å²) in [5.74, 6) is -1.62. The van der Waals surface area contributed by atoms with E-state index in [0.717, 1.165) is 5.56 Å². The molecule has 0 saturated heterocycles. The number of hydrogen-bond donors (Lipinski definition) is 2. The molecule has 0 bridgehead atoms. The number of nitrogens with zero attached hydrogens (tertiary/aromatic N) is 3. The van der Waals surface area contributed by atoms with Gasteiger partial charge in [0.2, 0.25) is 5.82 Å². The van der Waals surface area contributed by atoms with Crippen LogP contribution in [0, 0.1) is 5.82 Å². The summed E-state index contributed by atoms with van der Waals surface area (Å²) in [5, 5.41) is 5.28. The molecule has 7 nitrogen and oxygen atoms in total. The molecule has 3 heterocycles. The van der Waals surface area contributed by atoms with E-state index in [9.17, 15) is 14.0 Å². The van der Waals surface area contributed by atoms with Crippen molar-refractivity contribution in [1.29, 1.82) is 0 Å². The summed E-state index contributed by atoms with van der Waals surface area (Å²) < 4.78 is 15.4. The van der Waals surface area contributed by atoms with Crippen LogP contribution in [0.25, 0.3) is 5.52 Å². The van der Waals surface area contributed by atoms with Crippen LogP contribution in [0.3, 0.4) is 0 Å². The summed E-state index contributed by atoms with van der Waals surface area (Å²) in [6.07, 6.45) is 4.90. The molecular formula is C21H16FN5O2. The molecule has 0 fully saturated rings. The number of pyridine rings is 2. The quantitative estimate of drug-likeness (QED) is 0.549. The van der Waals surface area contributed by atoms with E-state index < -0.39 is 17.6 Å². The Bertz CT molecular complexity index is 1190. The van der Waals surface area contributed by atoms with Gasteiger partial charge in [-0.2, -0.15) is 0 Å². The molecule has 4 aromatic rings. The van der Waals surface area contributed by atoms with Crippen molar-refractivity contribution in [2.45, 2.75) is 6.54 Å². The molecule has 1 aromatic carbocycles. The van der Waals surface area contributed by atoms with Crippen molar-refractivity contribution in [3.63, 3.8) is 0 Å². The number of rotatable bonds is 5. The SMILES string of the molecule is O=C(NCc1ccncc1)c1nc(C(=O)Nc2ccccc2F)n2ccccc12. The Morgan fingerprint density at radius 3 is 2.52 bits per heavy atom. The summed E-state index contributed by atoms with van der Waals surface area (Å²) in [7, 11) is 0. The van der Waals surface area contributed by atoms with E-state index in [-0.39, 0.29) is 17.2 Å². The predicted octanol–water partition coefficient (Wildman–Crippen LogP) is 3.05. The van der Waals surface area contributed by atoms with E-state index in [1.165, 1.54) is 22.6 Å². The van der Waals surface area contributed by atoms with Crippen molar-refractivity contribution in [3.8, 4) is 0 Å². The van der Waals surface area contributed by atoms with Crippen molar-refractivity contribution in [2.75, 3.05) is 5.32 Å². The molecule has 0 aliphatic heterocycles. The molecule has 0 atom stereocenters. The van der Waals surface area contributed by atoms with E-state index in [2.05, 4.69) is 20.6 Å². The van der Waals surface area contributed by atoms with Gasteiger partial charge in [-0.15, -0.1) is 0 Å². The van der Waals surface area contributed by atoms with Crippen LogP contribution in [0.4, 0.5) is 10.1 Å². The average Bonchev–Trinajstić information content (AvgIpc) is 3.14. The molecule has 29 heavy (non-hydrogen) atoms. The summed E-state index contributed by atoms with van der Waals surface area (Å²) in [5.41, 5.74) is 1.50. The fourth-order valence-corrected chi connectivity index (χ4v) is 2.87. The first-order valence-electron chi connectivity index (χ1n) is 8.83. The highest BCUT2D eigenvalue weighted by atomic mass is 19.1. The van der Waals surface area contributed by atoms with E-state index in [4.69, 9.17) is 0 Å². The highest BCUT2D eigenvalue weighted by Crippen LogP contribution is 2.17. The number of imidazole rings is 1. The Hall–Kier alpha value is -4.07. The van der Waals surface area contributed by atoms with Crippen molar-refractivity contribution < 1.29 is 14.0 Å². The number of halogens is 1. The summed E-state index contributed by atoms with van der Waals surface area (Å²) in [4.78, 5) is 33.5. The Morgan fingerprint density at radius 1 is 0.966 bits per heavy atom. The number of fused-ring (bicyclic) bond motifs is 1. The fraction of sp³-hybridized carbons (Fsp3) is 0.0476. The zero-order chi connectivity index (χ0) is 20.2. The van der Waals surface area contributed by atoms with Crippen LogP contribution in [0.5, 0.6) is 0 Å². The van der Waals surface area contributed by atoms with E-state index in [1.54, 1.807) is 55.0 Å². The van der Waals surface area contributed by atoms with Gasteiger partial charge in [-0.05, 0) is 42.0 Å². The maximum absolute atomic E-state index is 13.9. The maximum atomic E-state index is 13.9. The molecule has 0 aliphatic carbocycles. The standard InChI is InChI=1S/C21H16FN5O2/c22-15-5-1-2-6-16(15)25-21(29)19-26-18(17-7-3-4-12-27(17)19)20(28)24-13-14-8-10-23-11-9-14/h1-12H,13H2,(H,24,28)(H,25,29). The van der Waals surface area contributed by atoms with Crippen molar-refractivity contribution >= 4 is 23.0 Å². The molecule has 144 valence electrons. The molecule has 0 radical (unpaired) electrons. The Balaban J connectivity index is 1.62. The third-order valence-electron chi connectivity index (χ3n) is 4.29. The van der Waals surface area contributed by atoms with Crippen molar-refractivity contribution in [1.82, 2.24) is 19.7 Å². The largest absolute Gasteiger partial charge is 0.347 e. The summed E-state index contributed by atoms with van der Waals surface area (Å²) in [6, 6.07) is 14.6. The van der Waals surface area contributed by atoms with Crippen LogP contribution in [-0.4, -0.2) is 26.2 Å². The minimum Gasteiger partial charge on any atom is -0.347 e. The number of carbonyl (C=O) groups excluding carboxylic acids is 2. The molecule has 2 N–H and O–H groups in total. The maximum Gasteiger partial charge on any atom is 0.292 e. The number of benzene rings is 1. The van der Waals surface area contributed by atoms with E-state index in [0.29, 0.717) is 12.1 Å². The number of carbonyl (C=O) groups is 2. The molecule has 4 rings (SSSR count). The van der Waals surface area contributed by atoms with Crippen LogP contribution in [0.15, 0.2) is 73.2 Å². The van der Waals surface area contributed by atoms with Gasteiger partial charge in [-0.25, -0.2) is 9.37 Å². The minimum atomic E-state index is -0.621. The van der Waals surface area contributed by atoms with E-state index >= 15 is 0 Å². The molecule has 3 aromatic heterocycles. The lowest BCUT2D eigenvalue weighted by Gasteiger charge is -2.05. The number of anilines is 1. The molecule has 2 amide bonds. The lowest BCUT2D eigenvalue weighted by Crippen LogP contribution is -2.23. The zero-order valence-electron chi connectivity index (χ0n) is 15.2. The first-order chi connectivity index (χ1) is 14.1. The first kappa shape index (κ1) is 18.3. The van der Waals surface area contributed by atoms with Gasteiger partial charge < -0.3 is 10.6 Å². The Kier molecular flexibility index (Phi) is 4.98. The van der Waals surface area contributed by atoms with Gasteiger partial charge in [0.15, 0.2) is 5.69 Å². The van der Waals surface area contributed by atoms with Gasteiger partial charge in [-0.1, -0.05) is 18.2 Å². The van der Waals surface area contributed by atoms with E-state index in [1.807, 2.05) is 0 Å². The number of amides is 2. The van der Waals surface area contributed by atoms with Crippen LogP contribution in [-0.2, 0) is 6.54 Å². The second-order valence-electron chi connectivity index (χ2n) is 6.21. The third kappa shape index (κ3) is 3.81. The fourth-order valence-electron chi connectivity index (χ4n) is 2.87. The molecule has 0 saturated carbocycles. The normalized spacial score (nSPS) is 10.7. The summed E-state index contributed by atoms with van der Waals surface area (Å²) >= 11 is 0. The smallest absolute Gasteiger partial charge is 0.292 e. The second kappa shape index (κ2) is 7.89. The van der Waals surface area contributed by atoms with Crippen LogP contribution < -0.4 is 10.6 Å². The molecular weight excluding hydrogens is 373 g/mol. The number of aromatic nitrogens is 3. The van der Waals surface area contributed by atoms with Gasteiger partial charge in [-0.3, -0.25) is 19.0 Å². The number of hydrogen-bond acceptors (Lipinski definition) is 4. The Labute approximate surface area is 165 Å². The third-order valence-corrected chi connectivity index (χ3v) is 4.29. The lowest BCUT2D eigenvalue weighted by atomic mass is 10.2. The summed E-state index contributed by atoms with van der Waals surface area (Å²) in [6.45, 7) is 0.296. The molecule has 0 aliphatic rings. The highest BCUT2D eigenvalue weighted by Gasteiger charge is 2.22. The van der Waals surface area contributed by atoms with Crippen LogP contribution in [0.1, 0.15) is 26.7 Å². The average molecular weight is 389 g/mol. The highest BCUT2D eigenvalue weighted by molar-refractivity contribution is 6.06. The second-order valence-corrected chi connectivity index (χ2v) is 6.21. The first-order valence-corrected chi connectivity index (χ1v) is 8.83. The predicted molar refractivity (Wildman–Crippen MR) is 105 cm³/mol.